The number of thioether (sulfide) groups is 1. The summed E-state index contributed by atoms with van der Waals surface area (Å²) in [6.07, 6.45) is 0.752. The Bertz CT molecular complexity index is 397. The molecule has 106 valence electrons. The smallest absolute Gasteiger partial charge is 0.288 e. The maximum atomic E-state index is 12.1. The summed E-state index contributed by atoms with van der Waals surface area (Å²) >= 11 is 5.59. The van der Waals surface area contributed by atoms with Gasteiger partial charge in [-0.25, -0.2) is 0 Å². The van der Waals surface area contributed by atoms with E-state index in [1.54, 1.807) is 24.3 Å². The molecule has 1 rings (SSSR count). The topological polar surface area (TPSA) is 44.3 Å². The van der Waals surface area contributed by atoms with E-state index in [0.717, 1.165) is 6.42 Å². The number of hydrogen-bond acceptors (Lipinski definition) is 3. The van der Waals surface area contributed by atoms with Crippen LogP contribution in [0.25, 0.3) is 0 Å². The van der Waals surface area contributed by atoms with Gasteiger partial charge in [0, 0.05) is 10.6 Å². The highest BCUT2D eigenvalue weighted by Crippen LogP contribution is 2.26. The van der Waals surface area contributed by atoms with Crippen LogP contribution in [0.4, 0.5) is 14.5 Å². The molecule has 0 bridgehead atoms. The minimum atomic E-state index is -2.42. The van der Waals surface area contributed by atoms with E-state index in [-0.39, 0.29) is 12.6 Å². The van der Waals surface area contributed by atoms with E-state index in [0.29, 0.717) is 27.5 Å². The van der Waals surface area contributed by atoms with E-state index in [9.17, 15) is 8.78 Å². The van der Waals surface area contributed by atoms with Gasteiger partial charge in [0.15, 0.2) is 5.11 Å². The van der Waals surface area contributed by atoms with Crippen molar-refractivity contribution in [1.29, 1.82) is 0 Å². The summed E-state index contributed by atoms with van der Waals surface area (Å²) in [6.45, 7) is 1.94. The van der Waals surface area contributed by atoms with Crippen LogP contribution in [0.2, 0.25) is 0 Å². The fourth-order valence-corrected chi connectivity index (χ4v) is 2.13. The largest absolute Gasteiger partial charge is 0.394 e. The molecule has 7 heteroatoms. The highest BCUT2D eigenvalue weighted by atomic mass is 32.2. The number of nitrogens with one attached hydrogen (secondary N) is 2. The molecule has 1 aromatic rings. The summed E-state index contributed by atoms with van der Waals surface area (Å²) in [5.74, 6) is -2.42. The van der Waals surface area contributed by atoms with Crippen LogP contribution >= 0.6 is 24.0 Å². The first kappa shape index (κ1) is 16.1. The number of anilines is 1. The number of thiocarbonyl (C=S) groups is 1. The molecule has 19 heavy (non-hydrogen) atoms. The van der Waals surface area contributed by atoms with Gasteiger partial charge in [0.1, 0.15) is 0 Å². The molecule has 3 N–H and O–H groups in total. The first-order chi connectivity index (χ1) is 9.05. The molecule has 0 spiro atoms. The Labute approximate surface area is 120 Å². The van der Waals surface area contributed by atoms with Crippen LogP contribution in [-0.2, 0) is 0 Å². The minimum Gasteiger partial charge on any atom is -0.394 e. The van der Waals surface area contributed by atoms with Gasteiger partial charge in [-0.05, 0) is 42.9 Å². The third kappa shape index (κ3) is 6.17. The van der Waals surface area contributed by atoms with Crippen molar-refractivity contribution in [3.05, 3.63) is 24.3 Å². The summed E-state index contributed by atoms with van der Waals surface area (Å²) in [7, 11) is 0. The van der Waals surface area contributed by atoms with Crippen molar-refractivity contribution in [1.82, 2.24) is 5.32 Å². The van der Waals surface area contributed by atoms with Crippen molar-refractivity contribution in [3.8, 4) is 0 Å². The lowest BCUT2D eigenvalue weighted by Gasteiger charge is -2.17. The second-order valence-corrected chi connectivity index (χ2v) is 5.26. The Morgan fingerprint density at radius 3 is 2.47 bits per heavy atom. The van der Waals surface area contributed by atoms with Crippen LogP contribution in [0.1, 0.15) is 13.3 Å². The van der Waals surface area contributed by atoms with E-state index in [1.165, 1.54) is 0 Å². The number of halogens is 2. The highest BCUT2D eigenvalue weighted by Gasteiger charge is 2.07. The molecule has 0 radical (unpaired) electrons. The van der Waals surface area contributed by atoms with Crippen molar-refractivity contribution in [2.45, 2.75) is 30.0 Å². The lowest BCUT2D eigenvalue weighted by atomic mass is 10.2. The molecule has 0 saturated carbocycles. The second kappa shape index (κ2) is 8.29. The van der Waals surface area contributed by atoms with Gasteiger partial charge < -0.3 is 15.7 Å². The standard InChI is InChI=1S/C12H16F2N2OS2/c1-2-8(7-17)15-12(18)16-9-3-5-10(6-4-9)19-11(13)14/h3-6,8,11,17H,2,7H2,1H3,(H2,15,16,18)/t8-/m0/s1. The summed E-state index contributed by atoms with van der Waals surface area (Å²) in [4.78, 5) is 0.501. The molecule has 0 aromatic heterocycles. The van der Waals surface area contributed by atoms with Gasteiger partial charge >= 0.3 is 0 Å². The maximum Gasteiger partial charge on any atom is 0.288 e. The van der Waals surface area contributed by atoms with E-state index in [4.69, 9.17) is 17.3 Å². The third-order valence-electron chi connectivity index (χ3n) is 2.39. The van der Waals surface area contributed by atoms with Gasteiger partial charge in [-0.3, -0.25) is 0 Å². The Kier molecular flexibility index (Phi) is 7.04. The SMILES string of the molecule is CC[C@@H](CO)NC(=S)Nc1ccc(SC(F)F)cc1. The van der Waals surface area contributed by atoms with Crippen LogP contribution in [0.3, 0.4) is 0 Å². The lowest BCUT2D eigenvalue weighted by Crippen LogP contribution is -2.39. The zero-order valence-electron chi connectivity index (χ0n) is 10.4. The lowest BCUT2D eigenvalue weighted by molar-refractivity contribution is 0.252. The molecule has 1 atom stereocenters. The highest BCUT2D eigenvalue weighted by molar-refractivity contribution is 7.99. The van der Waals surface area contributed by atoms with Crippen molar-refractivity contribution in [3.63, 3.8) is 0 Å². The Hall–Kier alpha value is -0.920. The first-order valence-corrected chi connectivity index (χ1v) is 7.07. The van der Waals surface area contributed by atoms with Crippen molar-refractivity contribution < 1.29 is 13.9 Å². The first-order valence-electron chi connectivity index (χ1n) is 5.78. The van der Waals surface area contributed by atoms with E-state index in [1.807, 2.05) is 6.92 Å². The van der Waals surface area contributed by atoms with Crippen molar-refractivity contribution in [2.24, 2.45) is 0 Å². The molecule has 0 saturated heterocycles. The van der Waals surface area contributed by atoms with Crippen molar-refractivity contribution >= 4 is 34.8 Å². The predicted molar refractivity (Wildman–Crippen MR) is 78.8 cm³/mol. The summed E-state index contributed by atoms with van der Waals surface area (Å²) in [5.41, 5.74) is 0.712. The molecule has 0 amide bonds. The number of rotatable bonds is 6. The molecule has 0 aliphatic heterocycles. The quantitative estimate of drug-likeness (QED) is 0.557. The average Bonchev–Trinajstić information content (AvgIpc) is 2.37. The average molecular weight is 306 g/mol. The number of alkyl halides is 2. The molecular formula is C12H16F2N2OS2. The monoisotopic (exact) mass is 306 g/mol. The van der Waals surface area contributed by atoms with E-state index < -0.39 is 5.76 Å². The van der Waals surface area contributed by atoms with Gasteiger partial charge in [-0.2, -0.15) is 8.78 Å². The summed E-state index contributed by atoms with van der Waals surface area (Å²) < 4.78 is 24.3. The van der Waals surface area contributed by atoms with Crippen molar-refractivity contribution in [2.75, 3.05) is 11.9 Å². The molecule has 0 unspecified atom stereocenters. The molecule has 3 nitrogen and oxygen atoms in total. The van der Waals surface area contributed by atoms with Crippen LogP contribution in [0.5, 0.6) is 0 Å². The summed E-state index contributed by atoms with van der Waals surface area (Å²) in [5, 5.41) is 15.3. The number of aliphatic hydroxyl groups is 1. The third-order valence-corrected chi connectivity index (χ3v) is 3.33. The molecule has 1 aromatic carbocycles. The van der Waals surface area contributed by atoms with Gasteiger partial charge in [0.2, 0.25) is 0 Å². The van der Waals surface area contributed by atoms with Crippen LogP contribution < -0.4 is 10.6 Å². The number of aliphatic hydroxyl groups excluding tert-OH is 1. The number of benzene rings is 1. The molecular weight excluding hydrogens is 290 g/mol. The van der Waals surface area contributed by atoms with Gasteiger partial charge in [0.25, 0.3) is 5.76 Å². The second-order valence-electron chi connectivity index (χ2n) is 3.79. The Morgan fingerprint density at radius 2 is 2.00 bits per heavy atom. The molecule has 0 aliphatic carbocycles. The molecule has 0 fully saturated rings. The molecule has 0 aliphatic rings. The van der Waals surface area contributed by atoms with Gasteiger partial charge in [0.05, 0.1) is 12.6 Å². The Balaban J connectivity index is 2.50. The predicted octanol–water partition coefficient (Wildman–Crippen LogP) is 3.06. The van der Waals surface area contributed by atoms with Crippen LogP contribution in [-0.4, -0.2) is 28.6 Å². The maximum absolute atomic E-state index is 12.1. The summed E-state index contributed by atoms with van der Waals surface area (Å²) in [6, 6.07) is 6.47. The van der Waals surface area contributed by atoms with Crippen LogP contribution in [0.15, 0.2) is 29.2 Å². The number of hydrogen-bond donors (Lipinski definition) is 3. The van der Waals surface area contributed by atoms with E-state index >= 15 is 0 Å². The fraction of sp³-hybridized carbons (Fsp3) is 0.417. The van der Waals surface area contributed by atoms with Gasteiger partial charge in [-0.1, -0.05) is 18.7 Å². The zero-order chi connectivity index (χ0) is 14.3. The zero-order valence-corrected chi connectivity index (χ0v) is 12.0. The van der Waals surface area contributed by atoms with Crippen LogP contribution in [0, 0.1) is 0 Å². The fourth-order valence-electron chi connectivity index (χ4n) is 1.35. The minimum absolute atomic E-state index is 0.00227. The normalized spacial score (nSPS) is 12.3. The van der Waals surface area contributed by atoms with E-state index in [2.05, 4.69) is 10.6 Å². The Morgan fingerprint density at radius 1 is 1.37 bits per heavy atom. The van der Waals surface area contributed by atoms with Gasteiger partial charge in [-0.15, -0.1) is 0 Å². The molecule has 0 heterocycles.